The molecule has 0 bridgehead atoms. The van der Waals surface area contributed by atoms with Crippen LogP contribution in [0.25, 0.3) is 0 Å². The van der Waals surface area contributed by atoms with Gasteiger partial charge in [-0.1, -0.05) is 73.7 Å². The average molecular weight is 496 g/mol. The molecule has 0 atom stereocenters. The third-order valence-electron chi connectivity index (χ3n) is 6.35. The summed E-state index contributed by atoms with van der Waals surface area (Å²) in [6.07, 6.45) is 0.679. The minimum Gasteiger partial charge on any atom is -0.295 e. The smallest absolute Gasteiger partial charge is 0.158 e. The van der Waals surface area contributed by atoms with E-state index in [1.165, 1.54) is 17.2 Å². The van der Waals surface area contributed by atoms with Crippen molar-refractivity contribution in [2.75, 3.05) is 13.1 Å². The Morgan fingerprint density at radius 3 is 2.08 bits per heavy atom. The van der Waals surface area contributed by atoms with E-state index in [1.54, 1.807) is 19.1 Å². The molecule has 1 aliphatic rings. The van der Waals surface area contributed by atoms with Gasteiger partial charge in [-0.2, -0.15) is 5.26 Å². The van der Waals surface area contributed by atoms with Crippen LogP contribution >= 0.6 is 0 Å². The second kappa shape index (κ2) is 13.4. The van der Waals surface area contributed by atoms with Crippen molar-refractivity contribution < 1.29 is 9.18 Å². The number of hydrogen-bond acceptors (Lipinski definition) is 4. The van der Waals surface area contributed by atoms with E-state index >= 15 is 0 Å². The lowest BCUT2D eigenvalue weighted by Crippen LogP contribution is -2.33. The Balaban J connectivity index is 0.000000231. The highest BCUT2D eigenvalue weighted by Crippen LogP contribution is 2.24. The van der Waals surface area contributed by atoms with Crippen LogP contribution in [-0.2, 0) is 11.3 Å². The van der Waals surface area contributed by atoms with E-state index in [9.17, 15) is 9.18 Å². The first kappa shape index (κ1) is 27.7. The Labute approximate surface area is 219 Å². The fraction of sp³-hybridized carbons (Fsp3) is 0.281. The van der Waals surface area contributed by atoms with Gasteiger partial charge < -0.3 is 0 Å². The summed E-state index contributed by atoms with van der Waals surface area (Å²) < 4.78 is 14.0. The molecule has 0 unspecified atom stereocenters. The number of hydrogen-bond donors (Lipinski definition) is 0. The number of carbonyl (C=O) groups excluding carboxylic acids is 1. The van der Waals surface area contributed by atoms with Crippen molar-refractivity contribution in [3.8, 4) is 6.07 Å². The molecule has 0 aliphatic carbocycles. The number of carbonyl (C=O) groups is 1. The van der Waals surface area contributed by atoms with Crippen LogP contribution in [0.2, 0.25) is 0 Å². The Hall–Kier alpha value is -3.88. The first-order valence-corrected chi connectivity index (χ1v) is 12.5. The number of Topliss-reactive ketones (excluding diaryl/α,β-unsaturated/α-hetero) is 1. The third-order valence-corrected chi connectivity index (χ3v) is 6.35. The standard InChI is InChI=1S/C18H20FN3O.C14H14/c1-12(2)21-18-6-7-22(11-16(18)13(3)23)10-15-5-4-14(9-20)8-17(15)19;1-12(13-8-4-2-5-9-13)14-10-6-3-7-11-14/h4-5,8H,6-7,10-11H2,1-3H3;2-12H,1H3. The second-order valence-electron chi connectivity index (χ2n) is 9.46. The molecular formula is C32H34FN3O. The summed E-state index contributed by atoms with van der Waals surface area (Å²) in [5, 5.41) is 8.79. The van der Waals surface area contributed by atoms with Gasteiger partial charge in [-0.05, 0) is 44.0 Å². The Kier molecular flexibility index (Phi) is 10.1. The Morgan fingerprint density at radius 2 is 1.59 bits per heavy atom. The summed E-state index contributed by atoms with van der Waals surface area (Å²) >= 11 is 0. The molecule has 0 N–H and O–H groups in total. The van der Waals surface area contributed by atoms with Crippen LogP contribution in [-0.4, -0.2) is 29.5 Å². The average Bonchev–Trinajstić information content (AvgIpc) is 2.91. The van der Waals surface area contributed by atoms with Gasteiger partial charge >= 0.3 is 0 Å². The zero-order valence-electron chi connectivity index (χ0n) is 22.0. The van der Waals surface area contributed by atoms with Gasteiger partial charge in [0.05, 0.1) is 11.6 Å². The lowest BCUT2D eigenvalue weighted by molar-refractivity contribution is -0.114. The number of ketones is 1. The van der Waals surface area contributed by atoms with Crippen molar-refractivity contribution in [1.29, 1.82) is 5.26 Å². The maximum absolute atomic E-state index is 14.0. The summed E-state index contributed by atoms with van der Waals surface area (Å²) in [6, 6.07) is 27.6. The van der Waals surface area contributed by atoms with Gasteiger partial charge in [0.25, 0.3) is 0 Å². The molecule has 0 saturated heterocycles. The topological polar surface area (TPSA) is 56.5 Å². The van der Waals surface area contributed by atoms with E-state index in [0.717, 1.165) is 18.0 Å². The van der Waals surface area contributed by atoms with Crippen LogP contribution < -0.4 is 0 Å². The zero-order chi connectivity index (χ0) is 26.8. The molecule has 3 aromatic rings. The van der Waals surface area contributed by atoms with Gasteiger partial charge in [0, 0.05) is 54.5 Å². The van der Waals surface area contributed by atoms with Crippen molar-refractivity contribution in [3.63, 3.8) is 0 Å². The molecular weight excluding hydrogens is 461 g/mol. The third kappa shape index (κ3) is 8.06. The molecule has 0 aromatic heterocycles. The molecule has 1 heterocycles. The van der Waals surface area contributed by atoms with Crippen molar-refractivity contribution in [1.82, 2.24) is 4.90 Å². The van der Waals surface area contributed by atoms with Crippen LogP contribution in [0.4, 0.5) is 4.39 Å². The van der Waals surface area contributed by atoms with Gasteiger partial charge in [0.2, 0.25) is 0 Å². The maximum atomic E-state index is 14.0. The van der Waals surface area contributed by atoms with E-state index in [4.69, 9.17) is 5.26 Å². The molecule has 0 amide bonds. The molecule has 5 heteroatoms. The summed E-state index contributed by atoms with van der Waals surface area (Å²) in [4.78, 5) is 18.4. The summed E-state index contributed by atoms with van der Waals surface area (Å²) in [5.41, 5.74) is 6.05. The molecule has 0 fully saturated rings. The number of nitrogens with zero attached hydrogens (tertiary/aromatic N) is 3. The molecule has 37 heavy (non-hydrogen) atoms. The highest BCUT2D eigenvalue weighted by atomic mass is 19.1. The molecule has 4 rings (SSSR count). The van der Waals surface area contributed by atoms with Crippen LogP contribution in [0.1, 0.15) is 62.3 Å². The highest BCUT2D eigenvalue weighted by Gasteiger charge is 2.22. The molecule has 0 radical (unpaired) electrons. The van der Waals surface area contributed by atoms with Gasteiger partial charge in [0.15, 0.2) is 5.78 Å². The SMILES string of the molecule is CC(=O)C1=C(N=C(C)C)CCN(Cc2ccc(C#N)cc2F)C1.CC(c1ccccc1)c1ccccc1. The lowest BCUT2D eigenvalue weighted by atomic mass is 9.93. The fourth-order valence-corrected chi connectivity index (χ4v) is 4.31. The van der Waals surface area contributed by atoms with Gasteiger partial charge in [-0.15, -0.1) is 0 Å². The van der Waals surface area contributed by atoms with Gasteiger partial charge in [-0.3, -0.25) is 14.7 Å². The highest BCUT2D eigenvalue weighted by molar-refractivity contribution is 5.95. The van der Waals surface area contributed by atoms with Gasteiger partial charge in [0.1, 0.15) is 5.82 Å². The number of benzene rings is 3. The van der Waals surface area contributed by atoms with Crippen molar-refractivity contribution in [2.45, 2.75) is 46.6 Å². The van der Waals surface area contributed by atoms with E-state index in [0.29, 0.717) is 42.1 Å². The normalized spacial score (nSPS) is 13.4. The largest absolute Gasteiger partial charge is 0.295 e. The van der Waals surface area contributed by atoms with Crippen LogP contribution in [0.5, 0.6) is 0 Å². The summed E-state index contributed by atoms with van der Waals surface area (Å²) in [6.45, 7) is 9.21. The fourth-order valence-electron chi connectivity index (χ4n) is 4.31. The monoisotopic (exact) mass is 495 g/mol. The minimum absolute atomic E-state index is 0.00926. The predicted molar refractivity (Wildman–Crippen MR) is 148 cm³/mol. The van der Waals surface area contributed by atoms with Crippen LogP contribution in [0, 0.1) is 17.1 Å². The van der Waals surface area contributed by atoms with E-state index < -0.39 is 0 Å². The van der Waals surface area contributed by atoms with Crippen LogP contribution in [0.3, 0.4) is 0 Å². The van der Waals surface area contributed by atoms with Crippen molar-refractivity contribution in [2.24, 2.45) is 4.99 Å². The molecule has 4 nitrogen and oxygen atoms in total. The molecule has 190 valence electrons. The maximum Gasteiger partial charge on any atom is 0.158 e. The minimum atomic E-state index is -0.384. The quantitative estimate of drug-likeness (QED) is 0.344. The Morgan fingerprint density at radius 1 is 1.00 bits per heavy atom. The first-order valence-electron chi connectivity index (χ1n) is 12.5. The van der Waals surface area contributed by atoms with E-state index in [2.05, 4.69) is 72.6 Å². The van der Waals surface area contributed by atoms with Crippen molar-refractivity contribution >= 4 is 11.5 Å². The summed E-state index contributed by atoms with van der Waals surface area (Å²) in [5.74, 6) is 0.109. The van der Waals surface area contributed by atoms with E-state index in [1.807, 2.05) is 24.8 Å². The second-order valence-corrected chi connectivity index (χ2v) is 9.46. The Bertz CT molecular complexity index is 1260. The zero-order valence-corrected chi connectivity index (χ0v) is 22.0. The number of halogens is 1. The summed E-state index contributed by atoms with van der Waals surface area (Å²) in [7, 11) is 0. The lowest BCUT2D eigenvalue weighted by Gasteiger charge is -2.29. The number of rotatable bonds is 6. The molecule has 0 spiro atoms. The van der Waals surface area contributed by atoms with Crippen LogP contribution in [0.15, 0.2) is 95.1 Å². The van der Waals surface area contributed by atoms with E-state index in [-0.39, 0.29) is 11.6 Å². The van der Waals surface area contributed by atoms with Gasteiger partial charge in [-0.25, -0.2) is 4.39 Å². The number of nitriles is 1. The van der Waals surface area contributed by atoms with Crippen molar-refractivity contribution in [3.05, 3.63) is 118 Å². The first-order chi connectivity index (χ1) is 17.8. The molecule has 3 aromatic carbocycles. The molecule has 0 saturated carbocycles. The predicted octanol–water partition coefficient (Wildman–Crippen LogP) is 7.07. The number of aliphatic imine (C=N–C) groups is 1. The molecule has 1 aliphatic heterocycles.